The number of hydrogen-bond donors (Lipinski definition) is 4. The molecule has 0 aromatic heterocycles. The van der Waals surface area contributed by atoms with E-state index in [0.29, 0.717) is 6.42 Å². The van der Waals surface area contributed by atoms with E-state index in [1.807, 2.05) is 0 Å². The van der Waals surface area contributed by atoms with E-state index < -0.39 is 21.8 Å². The largest absolute Gasteiger partial charge is 0.395 e. The van der Waals surface area contributed by atoms with E-state index in [1.165, 1.54) is 12.1 Å². The number of rotatable bonds is 8. The van der Waals surface area contributed by atoms with Gasteiger partial charge < -0.3 is 20.4 Å². The molecule has 0 aliphatic rings. The van der Waals surface area contributed by atoms with Crippen molar-refractivity contribution in [3.8, 4) is 0 Å². The average molecular weight is 359 g/mol. The first-order chi connectivity index (χ1) is 11.3. The maximum absolute atomic E-state index is 11.8. The molecule has 134 valence electrons. The fourth-order valence-electron chi connectivity index (χ4n) is 1.94. The molecule has 0 saturated heterocycles. The standard InChI is InChI=1S/C14H21N3O6S/c15-24(22,23)12-3-1-11(2-4-12)5-6-16-13(20)14(21)17(7-9-18)8-10-19/h1-4,18-19H,5-10H2,(H,16,20)(H2,15,22,23). The van der Waals surface area contributed by atoms with Gasteiger partial charge in [-0.3, -0.25) is 9.59 Å². The zero-order valence-corrected chi connectivity index (χ0v) is 13.8. The third-order valence-corrected chi connectivity index (χ3v) is 4.10. The van der Waals surface area contributed by atoms with Crippen LogP contribution in [0.15, 0.2) is 29.2 Å². The summed E-state index contributed by atoms with van der Waals surface area (Å²) in [5, 5.41) is 25.1. The molecule has 0 unspecified atom stereocenters. The van der Waals surface area contributed by atoms with Gasteiger partial charge in [-0.2, -0.15) is 0 Å². The van der Waals surface area contributed by atoms with E-state index in [4.69, 9.17) is 15.4 Å². The number of nitrogens with two attached hydrogens (primary N) is 1. The Morgan fingerprint density at radius 3 is 2.08 bits per heavy atom. The van der Waals surface area contributed by atoms with Crippen LogP contribution in [0.4, 0.5) is 0 Å². The second-order valence-electron chi connectivity index (χ2n) is 4.93. The molecule has 9 nitrogen and oxygen atoms in total. The molecule has 0 fully saturated rings. The van der Waals surface area contributed by atoms with E-state index >= 15 is 0 Å². The van der Waals surface area contributed by atoms with E-state index in [-0.39, 0.29) is 37.7 Å². The number of nitrogens with one attached hydrogen (secondary N) is 1. The lowest BCUT2D eigenvalue weighted by atomic mass is 10.1. The van der Waals surface area contributed by atoms with Gasteiger partial charge in [0.1, 0.15) is 0 Å². The van der Waals surface area contributed by atoms with Crippen molar-refractivity contribution >= 4 is 21.8 Å². The van der Waals surface area contributed by atoms with E-state index in [0.717, 1.165) is 10.5 Å². The van der Waals surface area contributed by atoms with E-state index in [1.54, 1.807) is 12.1 Å². The number of carbonyl (C=O) groups excluding carboxylic acids is 2. The summed E-state index contributed by atoms with van der Waals surface area (Å²) < 4.78 is 22.3. The van der Waals surface area contributed by atoms with Crippen LogP contribution in [-0.2, 0) is 26.0 Å². The van der Waals surface area contributed by atoms with Crippen molar-refractivity contribution in [3.05, 3.63) is 29.8 Å². The third kappa shape index (κ3) is 6.24. The average Bonchev–Trinajstić information content (AvgIpc) is 2.53. The Kier molecular flexibility index (Phi) is 7.79. The predicted molar refractivity (Wildman–Crippen MR) is 85.3 cm³/mol. The lowest BCUT2D eigenvalue weighted by Gasteiger charge is -2.19. The van der Waals surface area contributed by atoms with Crippen LogP contribution in [0.1, 0.15) is 5.56 Å². The minimum Gasteiger partial charge on any atom is -0.395 e. The Morgan fingerprint density at radius 2 is 1.62 bits per heavy atom. The third-order valence-electron chi connectivity index (χ3n) is 3.17. The molecule has 0 radical (unpaired) electrons. The van der Waals surface area contributed by atoms with E-state index in [2.05, 4.69) is 5.32 Å². The molecule has 0 heterocycles. The second-order valence-corrected chi connectivity index (χ2v) is 6.50. The highest BCUT2D eigenvalue weighted by atomic mass is 32.2. The Balaban J connectivity index is 2.51. The summed E-state index contributed by atoms with van der Waals surface area (Å²) in [6.45, 7) is -0.528. The van der Waals surface area contributed by atoms with Crippen LogP contribution in [0.2, 0.25) is 0 Å². The second kappa shape index (κ2) is 9.33. The molecule has 24 heavy (non-hydrogen) atoms. The quantitative estimate of drug-likeness (QED) is 0.387. The fourth-order valence-corrected chi connectivity index (χ4v) is 2.46. The first-order valence-electron chi connectivity index (χ1n) is 7.20. The van der Waals surface area contributed by atoms with Crippen LogP contribution >= 0.6 is 0 Å². The monoisotopic (exact) mass is 359 g/mol. The predicted octanol–water partition coefficient (Wildman–Crippen LogP) is -2.19. The van der Waals surface area contributed by atoms with Crippen molar-refractivity contribution < 1.29 is 28.2 Å². The van der Waals surface area contributed by atoms with Gasteiger partial charge in [0, 0.05) is 19.6 Å². The molecule has 2 amide bonds. The molecule has 1 rings (SSSR count). The molecule has 0 aliphatic heterocycles. The van der Waals surface area contributed by atoms with Gasteiger partial charge in [0.05, 0.1) is 18.1 Å². The van der Waals surface area contributed by atoms with Crippen LogP contribution in [0.5, 0.6) is 0 Å². The molecular formula is C14H21N3O6S. The Labute approximate surface area is 140 Å². The van der Waals surface area contributed by atoms with E-state index in [9.17, 15) is 18.0 Å². The van der Waals surface area contributed by atoms with Gasteiger partial charge in [-0.15, -0.1) is 0 Å². The highest BCUT2D eigenvalue weighted by Crippen LogP contribution is 2.08. The molecule has 10 heteroatoms. The summed E-state index contributed by atoms with van der Waals surface area (Å²) in [5.41, 5.74) is 0.762. The van der Waals surface area contributed by atoms with Crippen molar-refractivity contribution in [2.75, 3.05) is 32.8 Å². The van der Waals surface area contributed by atoms with Gasteiger partial charge in [0.25, 0.3) is 0 Å². The van der Waals surface area contributed by atoms with Crippen LogP contribution in [0, 0.1) is 0 Å². The van der Waals surface area contributed by atoms with Crippen molar-refractivity contribution in [1.29, 1.82) is 0 Å². The summed E-state index contributed by atoms with van der Waals surface area (Å²) in [7, 11) is -3.75. The summed E-state index contributed by atoms with van der Waals surface area (Å²) in [6.07, 6.45) is 0.393. The van der Waals surface area contributed by atoms with Gasteiger partial charge in [-0.25, -0.2) is 13.6 Å². The van der Waals surface area contributed by atoms with Crippen LogP contribution in [0.3, 0.4) is 0 Å². The number of carbonyl (C=O) groups is 2. The topological polar surface area (TPSA) is 150 Å². The number of primary sulfonamides is 1. The molecule has 5 N–H and O–H groups in total. The molecule has 0 aliphatic carbocycles. The smallest absolute Gasteiger partial charge is 0.312 e. The fraction of sp³-hybridized carbons (Fsp3) is 0.429. The van der Waals surface area contributed by atoms with Crippen LogP contribution in [0.25, 0.3) is 0 Å². The maximum atomic E-state index is 11.8. The zero-order chi connectivity index (χ0) is 18.2. The lowest BCUT2D eigenvalue weighted by Crippen LogP contribution is -2.45. The van der Waals surface area contributed by atoms with Gasteiger partial charge in [-0.1, -0.05) is 12.1 Å². The molecule has 1 aromatic rings. The summed E-state index contributed by atoms with van der Waals surface area (Å²) in [4.78, 5) is 24.6. The number of nitrogens with zero attached hydrogens (tertiary/aromatic N) is 1. The number of benzene rings is 1. The van der Waals surface area contributed by atoms with Gasteiger partial charge in [0.2, 0.25) is 10.0 Å². The minimum absolute atomic E-state index is 0.00545. The van der Waals surface area contributed by atoms with Gasteiger partial charge >= 0.3 is 11.8 Å². The molecular weight excluding hydrogens is 338 g/mol. The Morgan fingerprint density at radius 1 is 1.08 bits per heavy atom. The highest BCUT2D eigenvalue weighted by Gasteiger charge is 2.20. The molecule has 0 spiro atoms. The summed E-state index contributed by atoms with van der Waals surface area (Å²) in [5.74, 6) is -1.67. The number of aliphatic hydroxyl groups is 2. The molecule has 0 saturated carbocycles. The van der Waals surface area contributed by atoms with Crippen molar-refractivity contribution in [1.82, 2.24) is 10.2 Å². The van der Waals surface area contributed by atoms with Crippen LogP contribution < -0.4 is 10.5 Å². The zero-order valence-electron chi connectivity index (χ0n) is 13.0. The van der Waals surface area contributed by atoms with Crippen LogP contribution in [-0.4, -0.2) is 68.2 Å². The van der Waals surface area contributed by atoms with Gasteiger partial charge in [-0.05, 0) is 24.1 Å². The number of amides is 2. The van der Waals surface area contributed by atoms with Gasteiger partial charge in [0.15, 0.2) is 0 Å². The maximum Gasteiger partial charge on any atom is 0.312 e. The van der Waals surface area contributed by atoms with Crippen molar-refractivity contribution in [3.63, 3.8) is 0 Å². The Bertz CT molecular complexity index is 654. The first-order valence-corrected chi connectivity index (χ1v) is 8.74. The number of aliphatic hydroxyl groups excluding tert-OH is 2. The SMILES string of the molecule is NS(=O)(=O)c1ccc(CCNC(=O)C(=O)N(CCO)CCO)cc1. The number of hydrogen-bond acceptors (Lipinski definition) is 6. The molecule has 1 aromatic carbocycles. The Hall–Kier alpha value is -2.01. The van der Waals surface area contributed by atoms with Crippen molar-refractivity contribution in [2.24, 2.45) is 5.14 Å². The number of sulfonamides is 1. The normalized spacial score (nSPS) is 11.1. The minimum atomic E-state index is -3.75. The highest BCUT2D eigenvalue weighted by molar-refractivity contribution is 7.89. The first kappa shape index (κ1) is 20.0. The van der Waals surface area contributed by atoms with Crippen molar-refractivity contribution in [2.45, 2.75) is 11.3 Å². The molecule has 0 atom stereocenters. The lowest BCUT2D eigenvalue weighted by molar-refractivity contribution is -0.146. The molecule has 0 bridgehead atoms. The summed E-state index contributed by atoms with van der Waals surface area (Å²) in [6, 6.07) is 5.86. The summed E-state index contributed by atoms with van der Waals surface area (Å²) >= 11 is 0.